The maximum Gasteiger partial charge on any atom is 0.312 e. The summed E-state index contributed by atoms with van der Waals surface area (Å²) in [7, 11) is 0. The first-order valence-corrected chi connectivity index (χ1v) is 26.7. The van der Waals surface area contributed by atoms with E-state index in [2.05, 4.69) is 93.5 Å². The number of fused-ring (bicyclic) bond motifs is 6. The Morgan fingerprint density at radius 2 is 0.971 bits per heavy atom. The zero-order chi connectivity index (χ0) is 49.5. The number of benzene rings is 2. The quantitative estimate of drug-likeness (QED) is 0.160. The van der Waals surface area contributed by atoms with E-state index in [-0.39, 0.29) is 66.4 Å². The van der Waals surface area contributed by atoms with Crippen LogP contribution in [0.2, 0.25) is 0 Å². The number of ether oxygens (including phenoxy) is 4. The Balaban J connectivity index is 0.780. The lowest BCUT2D eigenvalue weighted by Gasteiger charge is -2.57. The third-order valence-corrected chi connectivity index (χ3v) is 18.9. The fourth-order valence-corrected chi connectivity index (χ4v) is 14.4. The Morgan fingerprint density at radius 1 is 0.594 bits per heavy atom. The molecule has 0 saturated heterocycles. The summed E-state index contributed by atoms with van der Waals surface area (Å²) in [5, 5.41) is 21.8. The number of aliphatic hydroxyl groups is 2. The van der Waals surface area contributed by atoms with Gasteiger partial charge in [-0.15, -0.1) is 0 Å². The predicted octanol–water partition coefficient (Wildman–Crippen LogP) is 12.8. The van der Waals surface area contributed by atoms with Gasteiger partial charge in [0.2, 0.25) is 0 Å². The molecule has 10 atom stereocenters. The van der Waals surface area contributed by atoms with Crippen molar-refractivity contribution in [2.24, 2.45) is 57.2 Å². The minimum atomic E-state index is -0.950. The monoisotopic (exact) mass is 945 g/mol. The molecule has 0 radical (unpaired) electrons. The first-order valence-electron chi connectivity index (χ1n) is 26.7. The van der Waals surface area contributed by atoms with Crippen LogP contribution in [0.5, 0.6) is 11.5 Å². The minimum absolute atomic E-state index is 0.0148. The summed E-state index contributed by atoms with van der Waals surface area (Å²) in [6.07, 6.45) is 20.0. The van der Waals surface area contributed by atoms with Crippen LogP contribution in [0.1, 0.15) is 157 Å². The molecule has 0 bridgehead atoms. The molecule has 2 aromatic rings. The van der Waals surface area contributed by atoms with Gasteiger partial charge in [0.25, 0.3) is 0 Å². The van der Waals surface area contributed by atoms with Crippen LogP contribution >= 0.6 is 0 Å². The highest BCUT2D eigenvalue weighted by atomic mass is 16.6. The van der Waals surface area contributed by atoms with Gasteiger partial charge in [0.05, 0.1) is 10.8 Å². The van der Waals surface area contributed by atoms with Crippen molar-refractivity contribution in [2.45, 2.75) is 164 Å². The number of aliphatic hydroxyl groups excluding tert-OH is 2. The third-order valence-electron chi connectivity index (χ3n) is 18.9. The molecule has 8 nitrogen and oxygen atoms in total. The van der Waals surface area contributed by atoms with Crippen LogP contribution in [0.3, 0.4) is 0 Å². The van der Waals surface area contributed by atoms with E-state index in [1.54, 1.807) is 11.1 Å². The van der Waals surface area contributed by atoms with Crippen molar-refractivity contribution in [3.63, 3.8) is 0 Å². The summed E-state index contributed by atoms with van der Waals surface area (Å²) < 4.78 is 23.8. The van der Waals surface area contributed by atoms with Crippen molar-refractivity contribution in [2.75, 3.05) is 26.4 Å². The van der Waals surface area contributed by atoms with Gasteiger partial charge in [-0.2, -0.15) is 0 Å². The molecule has 0 spiro atoms. The molecule has 2 N–H and O–H groups in total. The van der Waals surface area contributed by atoms with Gasteiger partial charge in [-0.3, -0.25) is 9.59 Å². The maximum atomic E-state index is 13.9. The lowest BCUT2D eigenvalue weighted by Crippen LogP contribution is -2.53. The van der Waals surface area contributed by atoms with Crippen LogP contribution in [-0.2, 0) is 24.5 Å². The second-order valence-corrected chi connectivity index (χ2v) is 24.3. The highest BCUT2D eigenvalue weighted by Crippen LogP contribution is 2.64. The third kappa shape index (κ3) is 10.1. The summed E-state index contributed by atoms with van der Waals surface area (Å²) in [6.45, 7) is 22.3. The molecule has 0 amide bonds. The van der Waals surface area contributed by atoms with Crippen LogP contribution in [0.4, 0.5) is 0 Å². The minimum Gasteiger partial charge on any atom is -0.491 e. The van der Waals surface area contributed by atoms with Crippen molar-refractivity contribution in [3.05, 3.63) is 106 Å². The number of hydrogen-bond donors (Lipinski definition) is 2. The van der Waals surface area contributed by atoms with E-state index < -0.39 is 23.0 Å². The highest BCUT2D eigenvalue weighted by molar-refractivity contribution is 5.78. The number of rotatable bonds is 16. The number of carbonyl (C=O) groups is 2. The van der Waals surface area contributed by atoms with Crippen molar-refractivity contribution >= 4 is 11.9 Å². The van der Waals surface area contributed by atoms with Crippen molar-refractivity contribution < 1.29 is 38.7 Å². The molecule has 2 fully saturated rings. The lowest BCUT2D eigenvalue weighted by molar-refractivity contribution is -0.173. The molecular formula is C61H84O8. The topological polar surface area (TPSA) is 112 Å². The van der Waals surface area contributed by atoms with E-state index in [1.807, 2.05) is 48.5 Å². The fraction of sp³-hybridized carbons (Fsp3) is 0.639. The van der Waals surface area contributed by atoms with Gasteiger partial charge < -0.3 is 29.2 Å². The summed E-state index contributed by atoms with van der Waals surface area (Å²) in [4.78, 5) is 27.7. The Bertz CT molecular complexity index is 2140. The van der Waals surface area contributed by atoms with Crippen LogP contribution in [-0.4, -0.2) is 60.8 Å². The Kier molecular flexibility index (Phi) is 15.0. The second-order valence-electron chi connectivity index (χ2n) is 24.3. The molecule has 69 heavy (non-hydrogen) atoms. The Labute approximate surface area is 414 Å². The van der Waals surface area contributed by atoms with Crippen LogP contribution in [0.15, 0.2) is 95.1 Å². The number of carbonyl (C=O) groups excluding carboxylic acids is 2. The predicted molar refractivity (Wildman–Crippen MR) is 274 cm³/mol. The number of allylic oxidation sites excluding steroid dienone is 8. The van der Waals surface area contributed by atoms with Crippen molar-refractivity contribution in [1.29, 1.82) is 0 Å². The summed E-state index contributed by atoms with van der Waals surface area (Å²) in [5.74, 6) is 3.36. The first kappa shape index (κ1) is 51.2. The Hall–Kier alpha value is -4.14. The molecular weight excluding hydrogens is 861 g/mol. The van der Waals surface area contributed by atoms with Gasteiger partial charge in [0.1, 0.15) is 50.1 Å². The molecule has 2 saturated carbocycles. The molecule has 6 aliphatic rings. The lowest BCUT2D eigenvalue weighted by atomic mass is 9.47. The number of hydrogen-bond acceptors (Lipinski definition) is 8. The van der Waals surface area contributed by atoms with Crippen LogP contribution in [0, 0.1) is 57.2 Å². The van der Waals surface area contributed by atoms with Gasteiger partial charge in [0.15, 0.2) is 0 Å². The SMILES string of the molecule is CC(C)C1=CC2=CCC3C(C)(C(=O)OCC(O)COc4ccc(C(C)(C)c5ccc(OCC(O)COC(=O)C6(C)CCCC7(C)C8CCC(C(C)C)=CC8=CCC67)cc5)cc4)CCCC3(C)C2CC1. The fourth-order valence-electron chi connectivity index (χ4n) is 14.4. The molecule has 6 aliphatic carbocycles. The second kappa shape index (κ2) is 20.2. The standard InChI is InChI=1S/C61H84O8/c1-39(2)41-13-25-51-43(33-41)15-27-53-58(51,7)29-11-31-60(53,9)55(64)68-37-47(62)35-66-49-21-17-45(18-22-49)57(5,6)46-19-23-50(24-20-46)67-36-48(63)38-69-56(65)61(10)32-12-30-59(8)52-26-14-42(40(3)4)34-44(52)16-28-54(59)61/h15-24,33-34,39-40,47-48,51-54,62-63H,11-14,25-32,35-38H2,1-10H3. The van der Waals surface area contributed by atoms with E-state index in [9.17, 15) is 19.8 Å². The average molecular weight is 945 g/mol. The van der Waals surface area contributed by atoms with E-state index in [4.69, 9.17) is 18.9 Å². The zero-order valence-electron chi connectivity index (χ0n) is 43.7. The van der Waals surface area contributed by atoms with Crippen molar-refractivity contribution in [1.82, 2.24) is 0 Å². The summed E-state index contributed by atoms with van der Waals surface area (Å²) in [5.41, 5.74) is 6.80. The average Bonchev–Trinajstić information content (AvgIpc) is 3.33. The molecule has 0 aromatic heterocycles. The molecule has 376 valence electrons. The van der Waals surface area contributed by atoms with E-state index in [1.165, 1.54) is 11.1 Å². The smallest absolute Gasteiger partial charge is 0.312 e. The number of esters is 2. The van der Waals surface area contributed by atoms with Gasteiger partial charge in [-0.05, 0) is 171 Å². The maximum absolute atomic E-state index is 13.9. The van der Waals surface area contributed by atoms with Crippen LogP contribution in [0.25, 0.3) is 0 Å². The highest BCUT2D eigenvalue weighted by Gasteiger charge is 2.59. The summed E-state index contributed by atoms with van der Waals surface area (Å²) in [6, 6.07) is 15.8. The van der Waals surface area contributed by atoms with E-state index >= 15 is 0 Å². The summed E-state index contributed by atoms with van der Waals surface area (Å²) >= 11 is 0. The van der Waals surface area contributed by atoms with Gasteiger partial charge in [0, 0.05) is 5.41 Å². The van der Waals surface area contributed by atoms with Gasteiger partial charge in [-0.1, -0.05) is 128 Å². The van der Waals surface area contributed by atoms with E-state index in [0.29, 0.717) is 35.2 Å². The molecule has 8 heteroatoms. The Morgan fingerprint density at radius 3 is 1.33 bits per heavy atom. The molecule has 2 aromatic carbocycles. The van der Waals surface area contributed by atoms with Crippen LogP contribution < -0.4 is 9.47 Å². The van der Waals surface area contributed by atoms with E-state index in [0.717, 1.165) is 88.2 Å². The van der Waals surface area contributed by atoms with Gasteiger partial charge >= 0.3 is 11.9 Å². The largest absolute Gasteiger partial charge is 0.491 e. The first-order chi connectivity index (χ1) is 32.7. The van der Waals surface area contributed by atoms with Crippen molar-refractivity contribution in [3.8, 4) is 11.5 Å². The molecule has 8 rings (SSSR count). The van der Waals surface area contributed by atoms with Gasteiger partial charge in [-0.25, -0.2) is 0 Å². The molecule has 0 aliphatic heterocycles. The zero-order valence-corrected chi connectivity index (χ0v) is 43.7. The molecule has 0 heterocycles. The normalized spacial score (nSPS) is 31.9. The molecule has 10 unspecified atom stereocenters.